The maximum Gasteiger partial charge on any atom is 0.389 e. The van der Waals surface area contributed by atoms with E-state index < -0.39 is 24.4 Å². The number of hydrogen-bond acceptors (Lipinski definition) is 9. The number of carbonyl (C=O) groups excluding carboxylic acids is 1. The number of likely N-dealkylation sites (N-methyl/N-ethyl adjacent to an activating group) is 1. The van der Waals surface area contributed by atoms with Crippen molar-refractivity contribution in [2.24, 2.45) is 0 Å². The van der Waals surface area contributed by atoms with Crippen LogP contribution in [0.25, 0.3) is 0 Å². The molecule has 3 aliphatic heterocycles. The number of amides is 1. The molecular formula is C24H42F3N3O6S. The average molecular weight is 558 g/mol. The predicted octanol–water partition coefficient (Wildman–Crippen LogP) is 4.53. The summed E-state index contributed by atoms with van der Waals surface area (Å²) < 4.78 is 61.3. The summed E-state index contributed by atoms with van der Waals surface area (Å²) in [5, 5.41) is 1.87. The Morgan fingerprint density at radius 2 is 1.81 bits per heavy atom. The first-order valence-electron chi connectivity index (χ1n) is 13.5. The summed E-state index contributed by atoms with van der Waals surface area (Å²) in [6.45, 7) is 3.55. The molecule has 216 valence electrons. The molecule has 0 saturated carbocycles. The lowest BCUT2D eigenvalue weighted by Gasteiger charge is -2.42. The molecule has 3 aliphatic rings. The van der Waals surface area contributed by atoms with Gasteiger partial charge in [0, 0.05) is 59.4 Å². The van der Waals surface area contributed by atoms with E-state index in [4.69, 9.17) is 23.3 Å². The number of carbonyl (C=O) groups is 1. The first-order chi connectivity index (χ1) is 17.8. The zero-order valence-electron chi connectivity index (χ0n) is 21.8. The molecule has 0 bridgehead atoms. The van der Waals surface area contributed by atoms with Gasteiger partial charge in [0.1, 0.15) is 17.8 Å². The van der Waals surface area contributed by atoms with Crippen molar-refractivity contribution in [1.29, 1.82) is 0 Å². The fraction of sp³-hybridized carbons (Fsp3) is 0.958. The lowest BCUT2D eigenvalue weighted by atomic mass is 9.89. The smallest absolute Gasteiger partial charge is 0.381 e. The molecule has 0 aromatic carbocycles. The summed E-state index contributed by atoms with van der Waals surface area (Å²) in [5.41, 5.74) is 1.80. The highest BCUT2D eigenvalue weighted by atomic mass is 32.2. The van der Waals surface area contributed by atoms with Gasteiger partial charge in [-0.05, 0) is 51.4 Å². The SMILES string of the molecule is CN(SON1CCC(OCCCCCCC(F)(F)F)CC1)C1(C(=O)NOC2CCCCO2)CCOCC1. The molecule has 13 heteroatoms. The molecule has 1 atom stereocenters. The Hall–Kier alpha value is -0.670. The molecule has 0 spiro atoms. The van der Waals surface area contributed by atoms with Gasteiger partial charge < -0.3 is 14.2 Å². The number of piperidine rings is 1. The first-order valence-corrected chi connectivity index (χ1v) is 14.2. The monoisotopic (exact) mass is 557 g/mol. The zero-order chi connectivity index (χ0) is 26.6. The van der Waals surface area contributed by atoms with E-state index in [1.165, 1.54) is 0 Å². The van der Waals surface area contributed by atoms with Crippen LogP contribution in [-0.4, -0.2) is 85.9 Å². The minimum absolute atomic E-state index is 0.129. The van der Waals surface area contributed by atoms with Crippen molar-refractivity contribution in [3.63, 3.8) is 0 Å². The van der Waals surface area contributed by atoms with Crippen LogP contribution in [0.3, 0.4) is 0 Å². The molecule has 1 unspecified atom stereocenters. The second-order valence-electron chi connectivity index (χ2n) is 9.91. The molecule has 3 saturated heterocycles. The summed E-state index contributed by atoms with van der Waals surface area (Å²) >= 11 is 1.15. The van der Waals surface area contributed by atoms with Crippen molar-refractivity contribution < 1.29 is 41.3 Å². The molecule has 0 aromatic rings. The van der Waals surface area contributed by atoms with Gasteiger partial charge in [0.2, 0.25) is 0 Å². The third-order valence-corrected chi connectivity index (χ3v) is 7.98. The molecule has 0 radical (unpaired) electrons. The molecule has 1 N–H and O–H groups in total. The van der Waals surface area contributed by atoms with Gasteiger partial charge in [0.15, 0.2) is 6.29 Å². The predicted molar refractivity (Wildman–Crippen MR) is 132 cm³/mol. The van der Waals surface area contributed by atoms with Crippen molar-refractivity contribution in [3.8, 4) is 0 Å². The number of alkyl halides is 3. The molecule has 0 aliphatic carbocycles. The Morgan fingerprint density at radius 1 is 1.08 bits per heavy atom. The number of hydrogen-bond donors (Lipinski definition) is 1. The number of rotatable bonds is 14. The fourth-order valence-electron chi connectivity index (χ4n) is 4.69. The molecule has 9 nitrogen and oxygen atoms in total. The van der Waals surface area contributed by atoms with E-state index in [0.29, 0.717) is 58.8 Å². The van der Waals surface area contributed by atoms with Gasteiger partial charge in [-0.3, -0.25) is 4.79 Å². The molecule has 37 heavy (non-hydrogen) atoms. The number of halogens is 3. The molecule has 3 rings (SSSR count). The van der Waals surface area contributed by atoms with E-state index in [9.17, 15) is 18.0 Å². The maximum absolute atomic E-state index is 13.2. The standard InChI is InChI=1S/C24H42F3N3O6S/c1-29(23(12-18-32-19-13-23)22(31)28-35-21-8-4-7-17-34-21)37-36-30-14-9-20(10-15-30)33-16-6-3-2-5-11-24(25,26)27/h20-21H,2-19H2,1H3,(H,28,31). The second-order valence-corrected chi connectivity index (χ2v) is 10.8. The van der Waals surface area contributed by atoms with E-state index in [0.717, 1.165) is 57.2 Å². The third-order valence-electron chi connectivity index (χ3n) is 7.13. The van der Waals surface area contributed by atoms with Crippen molar-refractivity contribution in [3.05, 3.63) is 0 Å². The van der Waals surface area contributed by atoms with Crippen LogP contribution in [0.15, 0.2) is 0 Å². The van der Waals surface area contributed by atoms with Crippen LogP contribution < -0.4 is 5.48 Å². The van der Waals surface area contributed by atoms with Gasteiger partial charge in [0.25, 0.3) is 5.91 Å². The van der Waals surface area contributed by atoms with Gasteiger partial charge in [-0.15, -0.1) is 0 Å². The highest BCUT2D eigenvalue weighted by Crippen LogP contribution is 2.34. The van der Waals surface area contributed by atoms with E-state index in [2.05, 4.69) is 5.48 Å². The lowest BCUT2D eigenvalue weighted by molar-refractivity contribution is -0.205. The highest BCUT2D eigenvalue weighted by Gasteiger charge is 2.45. The van der Waals surface area contributed by atoms with E-state index >= 15 is 0 Å². The van der Waals surface area contributed by atoms with Crippen LogP contribution in [0.2, 0.25) is 0 Å². The van der Waals surface area contributed by atoms with Crippen LogP contribution in [0.1, 0.15) is 77.0 Å². The molecule has 3 heterocycles. The van der Waals surface area contributed by atoms with Crippen LogP contribution in [0, 0.1) is 0 Å². The van der Waals surface area contributed by atoms with Gasteiger partial charge in [0.05, 0.1) is 6.10 Å². The normalized spacial score (nSPS) is 23.9. The Kier molecular flexibility index (Phi) is 13.2. The number of ether oxygens (including phenoxy) is 3. The van der Waals surface area contributed by atoms with E-state index in [1.54, 1.807) is 0 Å². The van der Waals surface area contributed by atoms with Crippen molar-refractivity contribution in [1.82, 2.24) is 14.8 Å². The molecule has 0 aromatic heterocycles. The van der Waals surface area contributed by atoms with Crippen LogP contribution in [0.5, 0.6) is 0 Å². The zero-order valence-corrected chi connectivity index (χ0v) is 22.6. The minimum atomic E-state index is -4.06. The number of unbranched alkanes of at least 4 members (excludes halogenated alkanes) is 3. The summed E-state index contributed by atoms with van der Waals surface area (Å²) in [5.74, 6) is -0.228. The van der Waals surface area contributed by atoms with Crippen LogP contribution in [0.4, 0.5) is 13.2 Å². The molecule has 1 amide bonds. The minimum Gasteiger partial charge on any atom is -0.381 e. The van der Waals surface area contributed by atoms with Gasteiger partial charge in [-0.25, -0.2) is 18.9 Å². The first kappa shape index (κ1) is 30.9. The lowest BCUT2D eigenvalue weighted by Crippen LogP contribution is -2.58. The second kappa shape index (κ2) is 15.8. The highest BCUT2D eigenvalue weighted by molar-refractivity contribution is 7.92. The van der Waals surface area contributed by atoms with Crippen molar-refractivity contribution in [2.45, 2.75) is 101 Å². The van der Waals surface area contributed by atoms with Crippen molar-refractivity contribution in [2.75, 3.05) is 46.6 Å². The number of hydroxylamine groups is 3. The summed E-state index contributed by atoms with van der Waals surface area (Å²) in [4.78, 5) is 18.7. The Balaban J connectivity index is 1.32. The fourth-order valence-corrected chi connectivity index (χ4v) is 5.44. The third kappa shape index (κ3) is 10.8. The Labute approximate surface area is 222 Å². The quantitative estimate of drug-likeness (QED) is 0.143. The van der Waals surface area contributed by atoms with E-state index in [1.807, 2.05) is 16.4 Å². The summed E-state index contributed by atoms with van der Waals surface area (Å²) in [6, 6.07) is 0. The number of nitrogens with zero attached hydrogens (tertiary/aromatic N) is 2. The van der Waals surface area contributed by atoms with E-state index in [-0.39, 0.29) is 18.4 Å². The van der Waals surface area contributed by atoms with Crippen LogP contribution in [-0.2, 0) is 28.1 Å². The molecule has 3 fully saturated rings. The maximum atomic E-state index is 13.2. The largest absolute Gasteiger partial charge is 0.389 e. The van der Waals surface area contributed by atoms with Gasteiger partial charge in [-0.2, -0.15) is 18.2 Å². The average Bonchev–Trinajstić information content (AvgIpc) is 2.90. The molecular weight excluding hydrogens is 515 g/mol. The summed E-state index contributed by atoms with van der Waals surface area (Å²) in [7, 11) is 1.84. The Morgan fingerprint density at radius 3 is 2.49 bits per heavy atom. The van der Waals surface area contributed by atoms with Crippen LogP contribution >= 0.6 is 12.2 Å². The van der Waals surface area contributed by atoms with Gasteiger partial charge in [-0.1, -0.05) is 12.8 Å². The summed E-state index contributed by atoms with van der Waals surface area (Å²) in [6.07, 6.45) is 2.67. The topological polar surface area (TPSA) is 81.7 Å². The Bertz CT molecular complexity index is 658. The van der Waals surface area contributed by atoms with Gasteiger partial charge >= 0.3 is 6.18 Å². The number of nitrogens with one attached hydrogen (secondary N) is 1. The van der Waals surface area contributed by atoms with Crippen molar-refractivity contribution >= 4 is 18.1 Å².